The highest BCUT2D eigenvalue weighted by molar-refractivity contribution is 5.96. The number of ether oxygens (including phenoxy) is 2. The summed E-state index contributed by atoms with van der Waals surface area (Å²) in [6.07, 6.45) is 6.52. The molecule has 2 atom stereocenters. The minimum absolute atomic E-state index is 0.0101. The van der Waals surface area contributed by atoms with E-state index in [4.69, 9.17) is 9.47 Å². The molecule has 4 heteroatoms. The highest BCUT2D eigenvalue weighted by atomic mass is 16.7. The average Bonchev–Trinajstić information content (AvgIpc) is 2.59. The Bertz CT molecular complexity index is 440. The number of ketones is 1. The zero-order valence-electron chi connectivity index (χ0n) is 13.8. The van der Waals surface area contributed by atoms with Crippen molar-refractivity contribution in [3.63, 3.8) is 0 Å². The molecule has 1 aromatic rings. The van der Waals surface area contributed by atoms with Crippen molar-refractivity contribution in [2.24, 2.45) is 0 Å². The Balaban J connectivity index is 1.49. The summed E-state index contributed by atoms with van der Waals surface area (Å²) < 4.78 is 11.2. The van der Waals surface area contributed by atoms with Gasteiger partial charge in [0.05, 0.1) is 6.10 Å². The van der Waals surface area contributed by atoms with Crippen LogP contribution >= 0.6 is 0 Å². The number of hydrogen-bond acceptors (Lipinski definition) is 4. The number of carbonyl (C=O) groups excluding carboxylic acids is 1. The van der Waals surface area contributed by atoms with E-state index in [1.165, 1.54) is 6.42 Å². The van der Waals surface area contributed by atoms with Crippen LogP contribution < -0.4 is 0 Å². The second-order valence-corrected chi connectivity index (χ2v) is 6.16. The zero-order valence-corrected chi connectivity index (χ0v) is 13.8. The standard InChI is InChI=1S/C19H28O4/c20-17(15-18(21)16-9-3-1-4-10-16)11-5-2-7-13-22-19-12-6-8-14-23-19/h1,3-4,9-10,17,19-20H,2,5-8,11-15H2. The third-order valence-electron chi connectivity index (χ3n) is 4.14. The maximum absolute atomic E-state index is 12.0. The smallest absolute Gasteiger partial charge is 0.165 e. The molecule has 4 nitrogen and oxygen atoms in total. The molecule has 0 aromatic heterocycles. The molecule has 1 aliphatic heterocycles. The maximum atomic E-state index is 12.0. The van der Waals surface area contributed by atoms with Crippen molar-refractivity contribution in [3.05, 3.63) is 35.9 Å². The minimum Gasteiger partial charge on any atom is -0.393 e. The molecule has 0 radical (unpaired) electrons. The fourth-order valence-electron chi connectivity index (χ4n) is 2.77. The van der Waals surface area contributed by atoms with Crippen molar-refractivity contribution >= 4 is 5.78 Å². The molecule has 1 saturated heterocycles. The zero-order chi connectivity index (χ0) is 16.3. The molecule has 23 heavy (non-hydrogen) atoms. The molecule has 0 spiro atoms. The summed E-state index contributed by atoms with van der Waals surface area (Å²) in [5, 5.41) is 9.97. The lowest BCUT2D eigenvalue weighted by Gasteiger charge is -2.22. The number of Topliss-reactive ketones (excluding diaryl/α,β-unsaturated/α-hetero) is 1. The van der Waals surface area contributed by atoms with Gasteiger partial charge < -0.3 is 14.6 Å². The van der Waals surface area contributed by atoms with Gasteiger partial charge in [-0.2, -0.15) is 0 Å². The van der Waals surface area contributed by atoms with Crippen LogP contribution in [0.1, 0.15) is 61.7 Å². The van der Waals surface area contributed by atoms with E-state index in [9.17, 15) is 9.90 Å². The second-order valence-electron chi connectivity index (χ2n) is 6.16. The molecule has 128 valence electrons. The van der Waals surface area contributed by atoms with Gasteiger partial charge in [-0.15, -0.1) is 0 Å². The fraction of sp³-hybridized carbons (Fsp3) is 0.632. The third-order valence-corrected chi connectivity index (χ3v) is 4.14. The van der Waals surface area contributed by atoms with E-state index in [0.29, 0.717) is 18.6 Å². The summed E-state index contributed by atoms with van der Waals surface area (Å²) in [5.41, 5.74) is 0.674. The van der Waals surface area contributed by atoms with Crippen LogP contribution in [0.5, 0.6) is 0 Å². The van der Waals surface area contributed by atoms with Gasteiger partial charge in [-0.3, -0.25) is 4.79 Å². The predicted octanol–water partition coefficient (Wildman–Crippen LogP) is 3.72. The molecular weight excluding hydrogens is 292 g/mol. The lowest BCUT2D eigenvalue weighted by atomic mass is 10.0. The van der Waals surface area contributed by atoms with Crippen molar-refractivity contribution < 1.29 is 19.4 Å². The summed E-state index contributed by atoms with van der Waals surface area (Å²) in [6.45, 7) is 1.52. The summed E-state index contributed by atoms with van der Waals surface area (Å²) in [7, 11) is 0. The van der Waals surface area contributed by atoms with Gasteiger partial charge >= 0.3 is 0 Å². The van der Waals surface area contributed by atoms with Crippen LogP contribution in [0.2, 0.25) is 0 Å². The molecule has 0 saturated carbocycles. The van der Waals surface area contributed by atoms with E-state index < -0.39 is 6.10 Å². The number of carbonyl (C=O) groups is 1. The summed E-state index contributed by atoms with van der Waals surface area (Å²) in [6, 6.07) is 9.15. The number of aliphatic hydroxyl groups is 1. The van der Waals surface area contributed by atoms with Crippen LogP contribution in [0.15, 0.2) is 30.3 Å². The first-order valence-electron chi connectivity index (χ1n) is 8.75. The summed E-state index contributed by atoms with van der Waals surface area (Å²) in [4.78, 5) is 12.0. The molecule has 1 aromatic carbocycles. The molecule has 1 aliphatic rings. The Morgan fingerprint density at radius 3 is 2.78 bits per heavy atom. The number of unbranched alkanes of at least 4 members (excludes halogenated alkanes) is 2. The lowest BCUT2D eigenvalue weighted by Crippen LogP contribution is -2.22. The van der Waals surface area contributed by atoms with Crippen LogP contribution in [-0.2, 0) is 9.47 Å². The lowest BCUT2D eigenvalue weighted by molar-refractivity contribution is -0.162. The Kier molecular flexibility index (Phi) is 8.29. The first-order valence-corrected chi connectivity index (χ1v) is 8.75. The first-order chi connectivity index (χ1) is 11.3. The van der Waals surface area contributed by atoms with Crippen LogP contribution in [0.3, 0.4) is 0 Å². The Labute approximate surface area is 138 Å². The van der Waals surface area contributed by atoms with Crippen molar-refractivity contribution in [1.29, 1.82) is 0 Å². The number of rotatable bonds is 10. The summed E-state index contributed by atoms with van der Waals surface area (Å²) >= 11 is 0. The maximum Gasteiger partial charge on any atom is 0.165 e. The van der Waals surface area contributed by atoms with E-state index in [1.54, 1.807) is 12.1 Å². The van der Waals surface area contributed by atoms with Gasteiger partial charge in [0.2, 0.25) is 0 Å². The average molecular weight is 320 g/mol. The van der Waals surface area contributed by atoms with Gasteiger partial charge in [0.1, 0.15) is 0 Å². The molecule has 1 fully saturated rings. The van der Waals surface area contributed by atoms with Gasteiger partial charge in [0.15, 0.2) is 12.1 Å². The molecule has 0 amide bonds. The molecule has 1 N–H and O–H groups in total. The number of benzene rings is 1. The van der Waals surface area contributed by atoms with E-state index >= 15 is 0 Å². The van der Waals surface area contributed by atoms with E-state index in [1.807, 2.05) is 18.2 Å². The first kappa shape index (κ1) is 18.1. The van der Waals surface area contributed by atoms with Crippen LogP contribution in [-0.4, -0.2) is 36.5 Å². The van der Waals surface area contributed by atoms with Gasteiger partial charge in [0.25, 0.3) is 0 Å². The summed E-state index contributed by atoms with van der Waals surface area (Å²) in [5.74, 6) is 0.0101. The van der Waals surface area contributed by atoms with Crippen molar-refractivity contribution in [3.8, 4) is 0 Å². The molecule has 0 bridgehead atoms. The van der Waals surface area contributed by atoms with Crippen molar-refractivity contribution in [2.45, 2.75) is 63.8 Å². The largest absolute Gasteiger partial charge is 0.393 e. The molecular formula is C19H28O4. The van der Waals surface area contributed by atoms with Crippen molar-refractivity contribution in [1.82, 2.24) is 0 Å². The molecule has 0 aliphatic carbocycles. The highest BCUT2D eigenvalue weighted by Gasteiger charge is 2.14. The fourth-order valence-corrected chi connectivity index (χ4v) is 2.77. The van der Waals surface area contributed by atoms with Crippen LogP contribution in [0, 0.1) is 0 Å². The Morgan fingerprint density at radius 2 is 2.04 bits per heavy atom. The predicted molar refractivity (Wildman–Crippen MR) is 89.4 cm³/mol. The van der Waals surface area contributed by atoms with Crippen LogP contribution in [0.25, 0.3) is 0 Å². The van der Waals surface area contributed by atoms with Crippen molar-refractivity contribution in [2.75, 3.05) is 13.2 Å². The van der Waals surface area contributed by atoms with E-state index in [2.05, 4.69) is 0 Å². The second kappa shape index (κ2) is 10.5. The highest BCUT2D eigenvalue weighted by Crippen LogP contribution is 2.15. The van der Waals surface area contributed by atoms with Gasteiger partial charge in [-0.1, -0.05) is 43.2 Å². The SMILES string of the molecule is O=C(CC(O)CCCCCOC1CCCCO1)c1ccccc1. The quantitative estimate of drug-likeness (QED) is 0.527. The van der Waals surface area contributed by atoms with Crippen LogP contribution in [0.4, 0.5) is 0 Å². The number of hydrogen-bond donors (Lipinski definition) is 1. The van der Waals surface area contributed by atoms with Gasteiger partial charge in [0, 0.05) is 25.2 Å². The third kappa shape index (κ3) is 7.25. The molecule has 1 heterocycles. The topological polar surface area (TPSA) is 55.8 Å². The number of aliphatic hydroxyl groups excluding tert-OH is 1. The normalized spacial score (nSPS) is 19.4. The Morgan fingerprint density at radius 1 is 1.22 bits per heavy atom. The van der Waals surface area contributed by atoms with E-state index in [-0.39, 0.29) is 18.5 Å². The minimum atomic E-state index is -0.551. The molecule has 2 unspecified atom stereocenters. The monoisotopic (exact) mass is 320 g/mol. The van der Waals surface area contributed by atoms with E-state index in [0.717, 1.165) is 38.7 Å². The van der Waals surface area contributed by atoms with Gasteiger partial charge in [-0.05, 0) is 32.1 Å². The Hall–Kier alpha value is -1.23. The van der Waals surface area contributed by atoms with Gasteiger partial charge in [-0.25, -0.2) is 0 Å². The molecule has 2 rings (SSSR count).